The average molecular weight is 289 g/mol. The van der Waals surface area contributed by atoms with Crippen LogP contribution in [0.1, 0.15) is 0 Å². The molecule has 0 saturated carbocycles. The van der Waals surface area contributed by atoms with E-state index in [0.29, 0.717) is 18.3 Å². The average Bonchev–Trinajstić information content (AvgIpc) is 3.01. The van der Waals surface area contributed by atoms with Crippen molar-refractivity contribution in [2.24, 2.45) is 0 Å². The van der Waals surface area contributed by atoms with Crippen molar-refractivity contribution in [3.8, 4) is 0 Å². The summed E-state index contributed by atoms with van der Waals surface area (Å²) in [6.07, 6.45) is 1.20. The third kappa shape index (κ3) is 2.97. The van der Waals surface area contributed by atoms with Crippen LogP contribution in [0.5, 0.6) is 0 Å². The van der Waals surface area contributed by atoms with Crippen LogP contribution in [0.25, 0.3) is 0 Å². The number of hydrogen-bond acceptors (Lipinski definition) is 5. The van der Waals surface area contributed by atoms with E-state index < -0.39 is 6.10 Å². The Morgan fingerprint density at radius 1 is 1.40 bits per heavy atom. The Hall–Kier alpha value is -1.92. The summed E-state index contributed by atoms with van der Waals surface area (Å²) in [4.78, 5) is 18.4. The molecule has 0 aliphatic carbocycles. The number of thiazole rings is 1. The summed E-state index contributed by atoms with van der Waals surface area (Å²) >= 11 is 1.40. The maximum Gasteiger partial charge on any atom is 0.257 e. The number of carbonyl (C=O) groups is 1. The maximum atomic E-state index is 12.1. The molecule has 0 bridgehead atoms. The van der Waals surface area contributed by atoms with Crippen LogP contribution in [0.3, 0.4) is 0 Å². The van der Waals surface area contributed by atoms with Gasteiger partial charge >= 0.3 is 0 Å². The molecule has 1 fully saturated rings. The molecule has 104 valence electrons. The Kier molecular flexibility index (Phi) is 3.94. The minimum absolute atomic E-state index is 0.138. The zero-order valence-electron chi connectivity index (χ0n) is 10.9. The first-order valence-electron chi connectivity index (χ1n) is 6.45. The highest BCUT2D eigenvalue weighted by molar-refractivity contribution is 7.13. The largest absolute Gasteiger partial charge is 0.366 e. The molecule has 1 aromatic heterocycles. The van der Waals surface area contributed by atoms with Crippen molar-refractivity contribution in [2.45, 2.75) is 6.10 Å². The molecule has 2 heterocycles. The molecular weight excluding hydrogens is 274 g/mol. The van der Waals surface area contributed by atoms with E-state index in [1.165, 1.54) is 11.3 Å². The minimum atomic E-state index is -0.465. The normalized spacial score (nSPS) is 18.8. The van der Waals surface area contributed by atoms with Crippen LogP contribution in [0.15, 0.2) is 41.9 Å². The van der Waals surface area contributed by atoms with E-state index in [9.17, 15) is 4.79 Å². The molecule has 2 aromatic rings. The molecule has 1 amide bonds. The number of nitrogens with one attached hydrogen (secondary N) is 1. The zero-order chi connectivity index (χ0) is 13.8. The van der Waals surface area contributed by atoms with Crippen molar-refractivity contribution in [1.29, 1.82) is 0 Å². The van der Waals surface area contributed by atoms with Crippen molar-refractivity contribution in [2.75, 3.05) is 29.9 Å². The van der Waals surface area contributed by atoms with Crippen molar-refractivity contribution >= 4 is 28.1 Å². The number of para-hydroxylation sites is 1. The van der Waals surface area contributed by atoms with Crippen molar-refractivity contribution in [3.05, 3.63) is 41.9 Å². The highest BCUT2D eigenvalue weighted by Crippen LogP contribution is 2.18. The summed E-state index contributed by atoms with van der Waals surface area (Å²) in [5.41, 5.74) is 1.11. The second-order valence-corrected chi connectivity index (χ2v) is 5.36. The lowest BCUT2D eigenvalue weighted by Gasteiger charge is -2.33. The topological polar surface area (TPSA) is 54.5 Å². The van der Waals surface area contributed by atoms with Crippen LogP contribution in [0.2, 0.25) is 0 Å². The number of carbonyl (C=O) groups excluding carboxylic acids is 1. The SMILES string of the molecule is O=C(Nc1nccs1)C1CN(c2ccccc2)CCO1. The number of nitrogens with zero attached hydrogens (tertiary/aromatic N) is 2. The van der Waals surface area contributed by atoms with Crippen LogP contribution in [0.4, 0.5) is 10.8 Å². The van der Waals surface area contributed by atoms with Gasteiger partial charge in [-0.05, 0) is 12.1 Å². The monoisotopic (exact) mass is 289 g/mol. The molecule has 3 rings (SSSR count). The van der Waals surface area contributed by atoms with Gasteiger partial charge in [-0.1, -0.05) is 18.2 Å². The molecule has 1 N–H and O–H groups in total. The van der Waals surface area contributed by atoms with E-state index in [1.54, 1.807) is 6.20 Å². The van der Waals surface area contributed by atoms with Gasteiger partial charge in [0.15, 0.2) is 11.2 Å². The highest BCUT2D eigenvalue weighted by Gasteiger charge is 2.27. The number of benzene rings is 1. The van der Waals surface area contributed by atoms with Gasteiger partial charge in [-0.2, -0.15) is 0 Å². The number of amides is 1. The third-order valence-corrected chi connectivity index (χ3v) is 3.83. The molecule has 1 atom stereocenters. The van der Waals surface area contributed by atoms with Gasteiger partial charge < -0.3 is 9.64 Å². The Morgan fingerprint density at radius 2 is 2.25 bits per heavy atom. The van der Waals surface area contributed by atoms with E-state index in [2.05, 4.69) is 15.2 Å². The van der Waals surface area contributed by atoms with Gasteiger partial charge in [0.1, 0.15) is 0 Å². The zero-order valence-corrected chi connectivity index (χ0v) is 11.7. The molecule has 1 unspecified atom stereocenters. The third-order valence-electron chi connectivity index (χ3n) is 3.14. The number of ether oxygens (including phenoxy) is 1. The number of anilines is 2. The predicted octanol–water partition coefficient (Wildman–Crippen LogP) is 1.99. The predicted molar refractivity (Wildman–Crippen MR) is 79.1 cm³/mol. The van der Waals surface area contributed by atoms with Crippen LogP contribution in [-0.2, 0) is 9.53 Å². The Labute approximate surface area is 121 Å². The molecule has 20 heavy (non-hydrogen) atoms. The number of aromatic nitrogens is 1. The molecule has 5 nitrogen and oxygen atoms in total. The quantitative estimate of drug-likeness (QED) is 0.939. The fourth-order valence-corrected chi connectivity index (χ4v) is 2.68. The smallest absolute Gasteiger partial charge is 0.257 e. The summed E-state index contributed by atoms with van der Waals surface area (Å²) in [5, 5.41) is 5.21. The van der Waals surface area contributed by atoms with Gasteiger partial charge in [0.2, 0.25) is 0 Å². The summed E-state index contributed by atoms with van der Waals surface area (Å²) in [7, 11) is 0. The van der Waals surface area contributed by atoms with E-state index in [0.717, 1.165) is 12.2 Å². The first-order chi connectivity index (χ1) is 9.83. The number of hydrogen-bond donors (Lipinski definition) is 1. The summed E-state index contributed by atoms with van der Waals surface area (Å²) in [5.74, 6) is -0.138. The lowest BCUT2D eigenvalue weighted by Crippen LogP contribution is -2.48. The van der Waals surface area contributed by atoms with Gasteiger partial charge in [0.05, 0.1) is 13.2 Å². The molecule has 1 aliphatic heterocycles. The Morgan fingerprint density at radius 3 is 3.00 bits per heavy atom. The van der Waals surface area contributed by atoms with Crippen LogP contribution in [-0.4, -0.2) is 36.7 Å². The summed E-state index contributed by atoms with van der Waals surface area (Å²) in [6.45, 7) is 1.90. The molecule has 1 saturated heterocycles. The van der Waals surface area contributed by atoms with Crippen molar-refractivity contribution in [1.82, 2.24) is 4.98 Å². The van der Waals surface area contributed by atoms with Crippen LogP contribution >= 0.6 is 11.3 Å². The second-order valence-electron chi connectivity index (χ2n) is 4.47. The molecule has 0 radical (unpaired) electrons. The van der Waals surface area contributed by atoms with Crippen LogP contribution < -0.4 is 10.2 Å². The molecule has 1 aromatic carbocycles. The van der Waals surface area contributed by atoms with Gasteiger partial charge in [-0.3, -0.25) is 10.1 Å². The maximum absolute atomic E-state index is 12.1. The fraction of sp³-hybridized carbons (Fsp3) is 0.286. The van der Waals surface area contributed by atoms with E-state index in [1.807, 2.05) is 35.7 Å². The fourth-order valence-electron chi connectivity index (χ4n) is 2.15. The first kappa shape index (κ1) is 13.1. The number of rotatable bonds is 3. The Bertz CT molecular complexity index is 559. The summed E-state index contributed by atoms with van der Waals surface area (Å²) in [6, 6.07) is 10.1. The van der Waals surface area contributed by atoms with E-state index >= 15 is 0 Å². The highest BCUT2D eigenvalue weighted by atomic mass is 32.1. The van der Waals surface area contributed by atoms with E-state index in [-0.39, 0.29) is 5.91 Å². The second kappa shape index (κ2) is 6.02. The lowest BCUT2D eigenvalue weighted by atomic mass is 10.2. The number of morpholine rings is 1. The van der Waals surface area contributed by atoms with Crippen LogP contribution in [0, 0.1) is 0 Å². The van der Waals surface area contributed by atoms with E-state index in [4.69, 9.17) is 4.74 Å². The molecule has 6 heteroatoms. The van der Waals surface area contributed by atoms with Gasteiger partial charge in [-0.15, -0.1) is 11.3 Å². The van der Waals surface area contributed by atoms with Gasteiger partial charge in [-0.25, -0.2) is 4.98 Å². The molecular formula is C14H15N3O2S. The lowest BCUT2D eigenvalue weighted by molar-refractivity contribution is -0.128. The van der Waals surface area contributed by atoms with Crippen molar-refractivity contribution in [3.63, 3.8) is 0 Å². The van der Waals surface area contributed by atoms with Gasteiger partial charge in [0, 0.05) is 23.8 Å². The standard InChI is InChI=1S/C14H15N3O2S/c18-13(16-14-15-6-9-20-14)12-10-17(7-8-19-12)11-4-2-1-3-5-11/h1-6,9,12H,7-8,10H2,(H,15,16,18). The molecule has 1 aliphatic rings. The minimum Gasteiger partial charge on any atom is -0.366 e. The van der Waals surface area contributed by atoms with Gasteiger partial charge in [0.25, 0.3) is 5.91 Å². The Balaban J connectivity index is 1.64. The van der Waals surface area contributed by atoms with Crippen molar-refractivity contribution < 1.29 is 9.53 Å². The summed E-state index contributed by atoms with van der Waals surface area (Å²) < 4.78 is 5.56. The first-order valence-corrected chi connectivity index (χ1v) is 7.33. The molecule has 0 spiro atoms.